The number of aryl methyl sites for hydroxylation is 1. The molecule has 0 saturated carbocycles. The minimum atomic E-state index is -4.40. The molecule has 0 saturated heterocycles. The van der Waals surface area contributed by atoms with Crippen molar-refractivity contribution in [2.75, 3.05) is 13.2 Å². The molecule has 1 heterocycles. The molecular weight excluding hydrogens is 249 g/mol. The van der Waals surface area contributed by atoms with Crippen LogP contribution >= 0.6 is 0 Å². The van der Waals surface area contributed by atoms with E-state index in [0.717, 1.165) is 13.0 Å². The smallest absolute Gasteiger partial charge is 0.364 e. The van der Waals surface area contributed by atoms with Crippen molar-refractivity contribution >= 4 is 5.78 Å². The number of hydrogen-bond donors (Lipinski definition) is 0. The van der Waals surface area contributed by atoms with E-state index >= 15 is 0 Å². The Hall–Kier alpha value is -1.37. The largest absolute Gasteiger partial charge is 0.411 e. The van der Waals surface area contributed by atoms with E-state index in [1.807, 2.05) is 11.5 Å². The summed E-state index contributed by atoms with van der Waals surface area (Å²) < 4.78 is 41.5. The molecule has 4 nitrogen and oxygen atoms in total. The molecule has 102 valence electrons. The van der Waals surface area contributed by atoms with E-state index in [-0.39, 0.29) is 6.42 Å². The number of Topliss-reactive ketones (excluding diaryl/α,β-unsaturated/α-hetero) is 1. The maximum absolute atomic E-state index is 11.8. The number of rotatable bonds is 7. The molecule has 0 aliphatic heterocycles. The normalized spacial score (nSPS) is 11.8. The van der Waals surface area contributed by atoms with Gasteiger partial charge in [0.15, 0.2) is 5.78 Å². The molecule has 0 radical (unpaired) electrons. The van der Waals surface area contributed by atoms with Crippen LogP contribution in [0.2, 0.25) is 0 Å². The van der Waals surface area contributed by atoms with Gasteiger partial charge < -0.3 is 9.30 Å². The van der Waals surface area contributed by atoms with Crippen molar-refractivity contribution in [3.63, 3.8) is 0 Å². The molecule has 0 aromatic carbocycles. The van der Waals surface area contributed by atoms with E-state index < -0.39 is 25.2 Å². The molecule has 0 bridgehead atoms. The van der Waals surface area contributed by atoms with Crippen LogP contribution in [0.15, 0.2) is 12.4 Å². The molecule has 0 aliphatic rings. The Morgan fingerprint density at radius 3 is 2.83 bits per heavy atom. The van der Waals surface area contributed by atoms with Crippen molar-refractivity contribution in [2.45, 2.75) is 32.5 Å². The Morgan fingerprint density at radius 1 is 1.50 bits per heavy atom. The number of alkyl halides is 3. The summed E-state index contributed by atoms with van der Waals surface area (Å²) in [6.07, 6.45) is -0.217. The number of carbonyl (C=O) groups is 1. The minimum Gasteiger partial charge on any atom is -0.364 e. The summed E-state index contributed by atoms with van der Waals surface area (Å²) in [5.74, 6) is 0.139. The van der Waals surface area contributed by atoms with Gasteiger partial charge in [0.2, 0.25) is 0 Å². The number of ether oxygens (including phenoxy) is 1. The van der Waals surface area contributed by atoms with Crippen LogP contribution in [0, 0.1) is 0 Å². The number of halogens is 3. The molecule has 0 atom stereocenters. The number of nitrogens with zero attached hydrogens (tertiary/aromatic N) is 2. The van der Waals surface area contributed by atoms with E-state index in [2.05, 4.69) is 9.72 Å². The molecule has 0 aliphatic carbocycles. The highest BCUT2D eigenvalue weighted by molar-refractivity contribution is 5.81. The lowest BCUT2D eigenvalue weighted by molar-refractivity contribution is -0.175. The molecule has 7 heteroatoms. The highest BCUT2D eigenvalue weighted by Crippen LogP contribution is 2.14. The van der Waals surface area contributed by atoms with Gasteiger partial charge in [-0.2, -0.15) is 13.2 Å². The second-order valence-electron chi connectivity index (χ2n) is 3.86. The van der Waals surface area contributed by atoms with Crippen LogP contribution in [0.1, 0.15) is 19.2 Å². The average Bonchev–Trinajstić information content (AvgIpc) is 2.64. The van der Waals surface area contributed by atoms with Gasteiger partial charge in [-0.15, -0.1) is 0 Å². The Kier molecular flexibility index (Phi) is 5.33. The van der Waals surface area contributed by atoms with Gasteiger partial charge in [-0.25, -0.2) is 4.98 Å². The monoisotopic (exact) mass is 264 g/mol. The van der Waals surface area contributed by atoms with Crippen LogP contribution in [-0.2, 0) is 22.5 Å². The third-order valence-electron chi connectivity index (χ3n) is 2.15. The van der Waals surface area contributed by atoms with Crippen molar-refractivity contribution in [3.8, 4) is 0 Å². The summed E-state index contributed by atoms with van der Waals surface area (Å²) in [7, 11) is 0. The first kappa shape index (κ1) is 14.7. The standard InChI is InChI=1S/C11H15F3N2O2/c1-2-4-16-5-3-15-10(16)6-9(17)7-18-8-11(12,13)14/h3,5H,2,4,6-8H2,1H3. The number of hydrogen-bond acceptors (Lipinski definition) is 3. The topological polar surface area (TPSA) is 44.1 Å². The first-order valence-electron chi connectivity index (χ1n) is 5.58. The van der Waals surface area contributed by atoms with Crippen molar-refractivity contribution in [1.82, 2.24) is 9.55 Å². The summed E-state index contributed by atoms with van der Waals surface area (Å²) in [5.41, 5.74) is 0. The summed E-state index contributed by atoms with van der Waals surface area (Å²) >= 11 is 0. The zero-order valence-corrected chi connectivity index (χ0v) is 10.0. The zero-order chi connectivity index (χ0) is 13.6. The fourth-order valence-corrected chi connectivity index (χ4v) is 1.46. The molecule has 1 aromatic rings. The fourth-order valence-electron chi connectivity index (χ4n) is 1.46. The minimum absolute atomic E-state index is 0.00907. The van der Waals surface area contributed by atoms with Gasteiger partial charge in [-0.3, -0.25) is 4.79 Å². The van der Waals surface area contributed by atoms with E-state index in [1.165, 1.54) is 0 Å². The lowest BCUT2D eigenvalue weighted by atomic mass is 10.3. The van der Waals surface area contributed by atoms with E-state index in [4.69, 9.17) is 0 Å². The van der Waals surface area contributed by atoms with Crippen molar-refractivity contribution in [1.29, 1.82) is 0 Å². The highest BCUT2D eigenvalue weighted by Gasteiger charge is 2.27. The Balaban J connectivity index is 2.37. The van der Waals surface area contributed by atoms with Gasteiger partial charge in [-0.1, -0.05) is 6.92 Å². The molecule has 0 amide bonds. The van der Waals surface area contributed by atoms with E-state index in [9.17, 15) is 18.0 Å². The molecule has 0 fully saturated rings. The van der Waals surface area contributed by atoms with Crippen LogP contribution in [0.3, 0.4) is 0 Å². The fraction of sp³-hybridized carbons (Fsp3) is 0.636. The van der Waals surface area contributed by atoms with Gasteiger partial charge in [0, 0.05) is 18.9 Å². The Morgan fingerprint density at radius 2 is 2.22 bits per heavy atom. The second kappa shape index (κ2) is 6.53. The number of ketones is 1. The van der Waals surface area contributed by atoms with Gasteiger partial charge in [0.05, 0.1) is 6.42 Å². The van der Waals surface area contributed by atoms with Crippen LogP contribution in [0.4, 0.5) is 13.2 Å². The van der Waals surface area contributed by atoms with Crippen LogP contribution < -0.4 is 0 Å². The molecule has 0 N–H and O–H groups in total. The number of imidazole rings is 1. The van der Waals surface area contributed by atoms with Gasteiger partial charge >= 0.3 is 6.18 Å². The summed E-state index contributed by atoms with van der Waals surface area (Å²) in [4.78, 5) is 15.4. The summed E-state index contributed by atoms with van der Waals surface area (Å²) in [6, 6.07) is 0. The SMILES string of the molecule is CCCn1ccnc1CC(=O)COCC(F)(F)F. The number of aromatic nitrogens is 2. The maximum Gasteiger partial charge on any atom is 0.411 e. The summed E-state index contributed by atoms with van der Waals surface area (Å²) in [6.45, 7) is 0.769. The first-order chi connectivity index (χ1) is 8.42. The zero-order valence-electron chi connectivity index (χ0n) is 10.0. The third-order valence-corrected chi connectivity index (χ3v) is 2.15. The van der Waals surface area contributed by atoms with Crippen LogP contribution in [0.5, 0.6) is 0 Å². The molecule has 18 heavy (non-hydrogen) atoms. The predicted octanol–water partition coefficient (Wildman–Crippen LogP) is 1.98. The lowest BCUT2D eigenvalue weighted by Gasteiger charge is -2.08. The molecule has 1 rings (SSSR count). The molecule has 0 unspecified atom stereocenters. The van der Waals surface area contributed by atoms with Gasteiger partial charge in [0.1, 0.15) is 19.0 Å². The van der Waals surface area contributed by atoms with Gasteiger partial charge in [0.25, 0.3) is 0 Å². The quantitative estimate of drug-likeness (QED) is 0.756. The Bertz CT molecular complexity index is 388. The highest BCUT2D eigenvalue weighted by atomic mass is 19.4. The van der Waals surface area contributed by atoms with Crippen LogP contribution in [0.25, 0.3) is 0 Å². The van der Waals surface area contributed by atoms with Crippen molar-refractivity contribution in [2.24, 2.45) is 0 Å². The summed E-state index contributed by atoms with van der Waals surface area (Å²) in [5, 5.41) is 0. The maximum atomic E-state index is 11.8. The third kappa shape index (κ3) is 5.31. The molecule has 1 aromatic heterocycles. The molecule has 0 spiro atoms. The predicted molar refractivity (Wildman–Crippen MR) is 58.1 cm³/mol. The second-order valence-corrected chi connectivity index (χ2v) is 3.86. The van der Waals surface area contributed by atoms with Crippen molar-refractivity contribution < 1.29 is 22.7 Å². The average molecular weight is 264 g/mol. The lowest BCUT2D eigenvalue weighted by Crippen LogP contribution is -2.22. The van der Waals surface area contributed by atoms with Crippen molar-refractivity contribution in [3.05, 3.63) is 18.2 Å². The van der Waals surface area contributed by atoms with E-state index in [0.29, 0.717) is 5.82 Å². The molecular formula is C11H15F3N2O2. The van der Waals surface area contributed by atoms with Crippen LogP contribution in [-0.4, -0.2) is 34.7 Å². The van der Waals surface area contributed by atoms with Gasteiger partial charge in [-0.05, 0) is 6.42 Å². The Labute approximate surface area is 103 Å². The first-order valence-corrected chi connectivity index (χ1v) is 5.58. The number of carbonyl (C=O) groups excluding carboxylic acids is 1. The van der Waals surface area contributed by atoms with E-state index in [1.54, 1.807) is 12.4 Å².